The molecule has 4 heteroatoms. The highest BCUT2D eigenvalue weighted by atomic mass is 16.5. The average Bonchev–Trinajstić information content (AvgIpc) is 2.89. The van der Waals surface area contributed by atoms with E-state index in [-0.39, 0.29) is 0 Å². The zero-order chi connectivity index (χ0) is 14.7. The van der Waals surface area contributed by atoms with Gasteiger partial charge in [0.2, 0.25) is 0 Å². The van der Waals surface area contributed by atoms with E-state index in [9.17, 15) is 0 Å². The number of ether oxygens (including phenoxy) is 1. The Bertz CT molecular complexity index is 589. The molecule has 21 heavy (non-hydrogen) atoms. The highest BCUT2D eigenvalue weighted by Gasteiger charge is 2.23. The third-order valence-electron chi connectivity index (χ3n) is 4.04. The lowest BCUT2D eigenvalue weighted by atomic mass is 9.93. The van der Waals surface area contributed by atoms with Gasteiger partial charge in [0.05, 0.1) is 18.8 Å². The van der Waals surface area contributed by atoms with Gasteiger partial charge in [-0.3, -0.25) is 4.68 Å². The van der Waals surface area contributed by atoms with Crippen LogP contribution in [0.3, 0.4) is 0 Å². The number of rotatable bonds is 5. The third-order valence-corrected chi connectivity index (χ3v) is 4.04. The molecule has 1 atom stereocenters. The number of hydrogen-bond donors (Lipinski definition) is 1. The van der Waals surface area contributed by atoms with E-state index in [4.69, 9.17) is 4.74 Å². The molecule has 1 unspecified atom stereocenters. The molecular formula is C17H23N3O. The van der Waals surface area contributed by atoms with Crippen molar-refractivity contribution in [1.29, 1.82) is 0 Å². The molecule has 0 aliphatic heterocycles. The Morgan fingerprint density at radius 3 is 2.90 bits per heavy atom. The number of nitrogens with one attached hydrogen (secondary N) is 1. The molecule has 1 aromatic heterocycles. The molecule has 0 fully saturated rings. The molecule has 1 N–H and O–H groups in total. The van der Waals surface area contributed by atoms with E-state index in [1.165, 1.54) is 17.7 Å². The summed E-state index contributed by atoms with van der Waals surface area (Å²) in [4.78, 5) is 0. The fraction of sp³-hybridized carbons (Fsp3) is 0.471. The lowest BCUT2D eigenvalue weighted by Crippen LogP contribution is -2.17. The number of benzene rings is 1. The van der Waals surface area contributed by atoms with Crippen molar-refractivity contribution < 1.29 is 4.74 Å². The van der Waals surface area contributed by atoms with Gasteiger partial charge in [0.15, 0.2) is 0 Å². The van der Waals surface area contributed by atoms with Gasteiger partial charge in [-0.25, -0.2) is 0 Å². The van der Waals surface area contributed by atoms with Crippen molar-refractivity contribution >= 4 is 5.69 Å². The van der Waals surface area contributed by atoms with Gasteiger partial charge in [0.25, 0.3) is 0 Å². The van der Waals surface area contributed by atoms with Crippen LogP contribution in [0.4, 0.5) is 5.69 Å². The Morgan fingerprint density at radius 1 is 1.33 bits per heavy atom. The van der Waals surface area contributed by atoms with Gasteiger partial charge < -0.3 is 10.1 Å². The van der Waals surface area contributed by atoms with Crippen LogP contribution in [0.2, 0.25) is 0 Å². The van der Waals surface area contributed by atoms with Gasteiger partial charge >= 0.3 is 0 Å². The number of fused-ring (bicyclic) bond motifs is 1. The van der Waals surface area contributed by atoms with E-state index in [1.807, 2.05) is 30.1 Å². The minimum Gasteiger partial charge on any atom is -0.494 e. The van der Waals surface area contributed by atoms with E-state index in [2.05, 4.69) is 29.5 Å². The molecule has 1 heterocycles. The normalized spacial score (nSPS) is 17.3. The summed E-state index contributed by atoms with van der Waals surface area (Å²) in [5.41, 5.74) is 3.84. The second kappa shape index (κ2) is 6.20. The van der Waals surface area contributed by atoms with Crippen molar-refractivity contribution in [3.8, 4) is 5.75 Å². The zero-order valence-corrected chi connectivity index (χ0v) is 12.8. The van der Waals surface area contributed by atoms with Gasteiger partial charge in [-0.2, -0.15) is 5.10 Å². The van der Waals surface area contributed by atoms with Crippen molar-refractivity contribution in [2.45, 2.75) is 38.6 Å². The van der Waals surface area contributed by atoms with E-state index in [0.29, 0.717) is 6.04 Å². The van der Waals surface area contributed by atoms with Gasteiger partial charge in [0.1, 0.15) is 5.75 Å². The van der Waals surface area contributed by atoms with Crippen LogP contribution in [0, 0.1) is 0 Å². The lowest BCUT2D eigenvalue weighted by Gasteiger charge is -2.24. The minimum atomic E-state index is 0.366. The monoisotopic (exact) mass is 285 g/mol. The Kier molecular flexibility index (Phi) is 4.13. The first-order valence-electron chi connectivity index (χ1n) is 7.78. The van der Waals surface area contributed by atoms with Crippen LogP contribution in [0.15, 0.2) is 30.5 Å². The van der Waals surface area contributed by atoms with Crippen molar-refractivity contribution in [2.75, 3.05) is 11.9 Å². The average molecular weight is 285 g/mol. The number of nitrogens with zero attached hydrogens (tertiary/aromatic N) is 2. The van der Waals surface area contributed by atoms with Crippen LogP contribution < -0.4 is 10.1 Å². The summed E-state index contributed by atoms with van der Waals surface area (Å²) in [7, 11) is 2.03. The van der Waals surface area contributed by atoms with Gasteiger partial charge in [0, 0.05) is 24.0 Å². The highest BCUT2D eigenvalue weighted by Crippen LogP contribution is 2.32. The molecule has 1 aliphatic carbocycles. The maximum Gasteiger partial charge on any atom is 0.119 e. The zero-order valence-electron chi connectivity index (χ0n) is 12.8. The van der Waals surface area contributed by atoms with E-state index < -0.39 is 0 Å². The molecule has 2 aromatic rings. The summed E-state index contributed by atoms with van der Waals surface area (Å²) in [6, 6.07) is 8.62. The largest absolute Gasteiger partial charge is 0.494 e. The molecule has 0 saturated carbocycles. The third kappa shape index (κ3) is 3.04. The summed E-state index contributed by atoms with van der Waals surface area (Å²) < 4.78 is 7.62. The van der Waals surface area contributed by atoms with E-state index >= 15 is 0 Å². The van der Waals surface area contributed by atoms with Crippen LogP contribution in [0.25, 0.3) is 0 Å². The van der Waals surface area contributed by atoms with Gasteiger partial charge in [-0.15, -0.1) is 0 Å². The summed E-state index contributed by atoms with van der Waals surface area (Å²) in [5.74, 6) is 0.938. The molecule has 0 spiro atoms. The molecular weight excluding hydrogens is 262 g/mol. The second-order valence-corrected chi connectivity index (χ2v) is 5.63. The molecule has 112 valence electrons. The summed E-state index contributed by atoms with van der Waals surface area (Å²) in [6.45, 7) is 2.89. The Labute approximate surface area is 126 Å². The van der Waals surface area contributed by atoms with Crippen molar-refractivity contribution in [3.05, 3.63) is 41.7 Å². The Balaban J connectivity index is 1.69. The fourth-order valence-electron chi connectivity index (χ4n) is 2.92. The molecule has 1 aromatic carbocycles. The quantitative estimate of drug-likeness (QED) is 0.910. The van der Waals surface area contributed by atoms with Crippen LogP contribution in [-0.2, 0) is 13.5 Å². The molecule has 0 amide bonds. The highest BCUT2D eigenvalue weighted by molar-refractivity contribution is 5.49. The fourth-order valence-corrected chi connectivity index (χ4v) is 2.92. The van der Waals surface area contributed by atoms with Crippen LogP contribution in [0.1, 0.15) is 43.5 Å². The summed E-state index contributed by atoms with van der Waals surface area (Å²) in [5, 5.41) is 8.02. The van der Waals surface area contributed by atoms with Crippen molar-refractivity contribution in [3.63, 3.8) is 0 Å². The predicted octanol–water partition coefficient (Wildman–Crippen LogP) is 3.70. The smallest absolute Gasteiger partial charge is 0.119 e. The van der Waals surface area contributed by atoms with E-state index in [0.717, 1.165) is 37.3 Å². The molecule has 3 rings (SSSR count). The van der Waals surface area contributed by atoms with Crippen LogP contribution >= 0.6 is 0 Å². The summed E-state index contributed by atoms with van der Waals surface area (Å²) >= 11 is 0. The standard InChI is InChI=1S/C17H23N3O/c1-3-11-21-14-9-7-13(8-10-14)19-16-5-4-6-17-15(16)12-18-20(17)2/h7-10,12,16,19H,3-6,11H2,1-2H3. The van der Waals surface area contributed by atoms with Crippen molar-refractivity contribution in [1.82, 2.24) is 9.78 Å². The number of aryl methyl sites for hydroxylation is 1. The molecule has 0 radical (unpaired) electrons. The van der Waals surface area contributed by atoms with E-state index in [1.54, 1.807) is 0 Å². The maximum absolute atomic E-state index is 5.62. The van der Waals surface area contributed by atoms with Crippen LogP contribution in [0.5, 0.6) is 5.75 Å². The Hall–Kier alpha value is -1.97. The number of hydrogen-bond acceptors (Lipinski definition) is 3. The topological polar surface area (TPSA) is 39.1 Å². The number of aromatic nitrogens is 2. The Morgan fingerprint density at radius 2 is 2.14 bits per heavy atom. The first-order valence-corrected chi connectivity index (χ1v) is 7.78. The first-order chi connectivity index (χ1) is 10.3. The predicted molar refractivity (Wildman–Crippen MR) is 84.7 cm³/mol. The summed E-state index contributed by atoms with van der Waals surface area (Å²) in [6.07, 6.45) is 6.54. The molecule has 0 saturated heterocycles. The van der Waals surface area contributed by atoms with Gasteiger partial charge in [-0.1, -0.05) is 6.92 Å². The SMILES string of the molecule is CCCOc1ccc(NC2CCCc3c2cnn3C)cc1. The molecule has 4 nitrogen and oxygen atoms in total. The first kappa shape index (κ1) is 14.0. The minimum absolute atomic E-state index is 0.366. The lowest BCUT2D eigenvalue weighted by molar-refractivity contribution is 0.317. The second-order valence-electron chi connectivity index (χ2n) is 5.63. The molecule has 0 bridgehead atoms. The van der Waals surface area contributed by atoms with Crippen LogP contribution in [-0.4, -0.2) is 16.4 Å². The van der Waals surface area contributed by atoms with Gasteiger partial charge in [-0.05, 0) is 49.9 Å². The van der Waals surface area contributed by atoms with Crippen molar-refractivity contribution in [2.24, 2.45) is 7.05 Å². The molecule has 1 aliphatic rings. The number of anilines is 1. The maximum atomic E-state index is 5.62.